The van der Waals surface area contributed by atoms with Gasteiger partial charge in [-0.2, -0.15) is 0 Å². The van der Waals surface area contributed by atoms with Crippen molar-refractivity contribution in [1.29, 1.82) is 0 Å². The molecule has 1 aromatic heterocycles. The second kappa shape index (κ2) is 7.80. The average molecular weight is 377 g/mol. The Bertz CT molecular complexity index is 971. The van der Waals surface area contributed by atoms with Gasteiger partial charge in [0.05, 0.1) is 0 Å². The first kappa shape index (κ1) is 18.2. The molecule has 0 unspecified atom stereocenters. The Morgan fingerprint density at radius 1 is 0.893 bits per heavy atom. The SMILES string of the molecule is O=C(c1ccccc1)C1CCN(C(=O)c2ccc(-c3ccc(F)cc3)o2)CC1. The fraction of sp³-hybridized carbons (Fsp3) is 0.217. The van der Waals surface area contributed by atoms with Gasteiger partial charge in [-0.3, -0.25) is 9.59 Å². The van der Waals surface area contributed by atoms with Gasteiger partial charge >= 0.3 is 0 Å². The zero-order chi connectivity index (χ0) is 19.5. The summed E-state index contributed by atoms with van der Waals surface area (Å²) < 4.78 is 18.7. The van der Waals surface area contributed by atoms with Crippen LogP contribution in [0, 0.1) is 11.7 Å². The van der Waals surface area contributed by atoms with Gasteiger partial charge in [0.25, 0.3) is 5.91 Å². The Labute approximate surface area is 162 Å². The summed E-state index contributed by atoms with van der Waals surface area (Å²) in [6.07, 6.45) is 1.29. The van der Waals surface area contributed by atoms with E-state index in [0.717, 1.165) is 5.56 Å². The largest absolute Gasteiger partial charge is 0.451 e. The molecule has 4 rings (SSSR count). The van der Waals surface area contributed by atoms with Crippen molar-refractivity contribution < 1.29 is 18.4 Å². The fourth-order valence-corrected chi connectivity index (χ4v) is 3.56. The summed E-state index contributed by atoms with van der Waals surface area (Å²) in [7, 11) is 0. The molecular weight excluding hydrogens is 357 g/mol. The fourth-order valence-electron chi connectivity index (χ4n) is 3.56. The van der Waals surface area contributed by atoms with Crippen LogP contribution in [-0.2, 0) is 0 Å². The maximum Gasteiger partial charge on any atom is 0.289 e. The Kier molecular flexibility index (Phi) is 5.06. The number of ketones is 1. The molecule has 2 aromatic carbocycles. The van der Waals surface area contributed by atoms with Crippen molar-refractivity contribution in [2.24, 2.45) is 5.92 Å². The maximum absolute atomic E-state index is 13.1. The molecular formula is C23H20FNO3. The molecule has 1 saturated heterocycles. The van der Waals surface area contributed by atoms with Crippen molar-refractivity contribution in [1.82, 2.24) is 4.90 Å². The lowest BCUT2D eigenvalue weighted by Gasteiger charge is -2.30. The van der Waals surface area contributed by atoms with E-state index >= 15 is 0 Å². The topological polar surface area (TPSA) is 50.5 Å². The van der Waals surface area contributed by atoms with Crippen LogP contribution in [0.25, 0.3) is 11.3 Å². The number of Topliss-reactive ketones (excluding diaryl/α,β-unsaturated/α-hetero) is 1. The summed E-state index contributed by atoms with van der Waals surface area (Å²) in [5.41, 5.74) is 1.44. The summed E-state index contributed by atoms with van der Waals surface area (Å²) in [5, 5.41) is 0. The summed E-state index contributed by atoms with van der Waals surface area (Å²) in [6.45, 7) is 1.04. The number of furan rings is 1. The van der Waals surface area contributed by atoms with Crippen LogP contribution in [0.3, 0.4) is 0 Å². The first-order valence-corrected chi connectivity index (χ1v) is 9.36. The third kappa shape index (κ3) is 3.74. The minimum absolute atomic E-state index is 0.0576. The molecule has 1 amide bonds. The number of carbonyl (C=O) groups excluding carboxylic acids is 2. The highest BCUT2D eigenvalue weighted by atomic mass is 19.1. The molecule has 0 atom stereocenters. The molecule has 4 nitrogen and oxygen atoms in total. The van der Waals surface area contributed by atoms with Gasteiger partial charge in [0.2, 0.25) is 0 Å². The van der Waals surface area contributed by atoms with Crippen molar-refractivity contribution in [2.45, 2.75) is 12.8 Å². The number of likely N-dealkylation sites (tertiary alicyclic amines) is 1. The van der Waals surface area contributed by atoms with Gasteiger partial charge in [-0.1, -0.05) is 30.3 Å². The Morgan fingerprint density at radius 2 is 1.57 bits per heavy atom. The number of rotatable bonds is 4. The predicted molar refractivity (Wildman–Crippen MR) is 104 cm³/mol. The van der Waals surface area contributed by atoms with E-state index in [9.17, 15) is 14.0 Å². The van der Waals surface area contributed by atoms with E-state index in [4.69, 9.17) is 4.42 Å². The highest BCUT2D eigenvalue weighted by molar-refractivity contribution is 5.98. The average Bonchev–Trinajstić information content (AvgIpc) is 3.24. The number of nitrogens with zero attached hydrogens (tertiary/aromatic N) is 1. The van der Waals surface area contributed by atoms with Crippen LogP contribution in [0.5, 0.6) is 0 Å². The molecule has 0 N–H and O–H groups in total. The van der Waals surface area contributed by atoms with Crippen molar-refractivity contribution in [2.75, 3.05) is 13.1 Å². The summed E-state index contributed by atoms with van der Waals surface area (Å²) >= 11 is 0. The molecule has 0 aliphatic carbocycles. The molecule has 3 aromatic rings. The van der Waals surface area contributed by atoms with Crippen molar-refractivity contribution in [3.8, 4) is 11.3 Å². The molecule has 5 heteroatoms. The van der Waals surface area contributed by atoms with Gasteiger partial charge in [0.1, 0.15) is 11.6 Å². The minimum Gasteiger partial charge on any atom is -0.451 e. The molecule has 2 heterocycles. The number of piperidine rings is 1. The molecule has 0 bridgehead atoms. The number of benzene rings is 2. The second-order valence-corrected chi connectivity index (χ2v) is 6.97. The monoisotopic (exact) mass is 377 g/mol. The van der Waals surface area contributed by atoms with Gasteiger partial charge in [0.15, 0.2) is 11.5 Å². The van der Waals surface area contributed by atoms with Crippen molar-refractivity contribution in [3.63, 3.8) is 0 Å². The normalized spacial score (nSPS) is 14.8. The van der Waals surface area contributed by atoms with E-state index in [1.54, 1.807) is 29.2 Å². The summed E-state index contributed by atoms with van der Waals surface area (Å²) in [5.74, 6) is 0.366. The maximum atomic E-state index is 13.1. The molecule has 28 heavy (non-hydrogen) atoms. The number of hydrogen-bond donors (Lipinski definition) is 0. The molecule has 0 radical (unpaired) electrons. The molecule has 0 spiro atoms. The molecule has 0 saturated carbocycles. The van der Waals surface area contributed by atoms with Crippen LogP contribution >= 0.6 is 0 Å². The Balaban J connectivity index is 1.39. The summed E-state index contributed by atoms with van der Waals surface area (Å²) in [4.78, 5) is 27.0. The highest BCUT2D eigenvalue weighted by Gasteiger charge is 2.29. The van der Waals surface area contributed by atoms with Crippen molar-refractivity contribution >= 4 is 11.7 Å². The number of hydrogen-bond acceptors (Lipinski definition) is 3. The van der Waals surface area contributed by atoms with E-state index in [2.05, 4.69) is 0 Å². The van der Waals surface area contributed by atoms with Gasteiger partial charge < -0.3 is 9.32 Å². The zero-order valence-electron chi connectivity index (χ0n) is 15.3. The smallest absolute Gasteiger partial charge is 0.289 e. The van der Waals surface area contributed by atoms with E-state index in [-0.39, 0.29) is 29.2 Å². The van der Waals surface area contributed by atoms with Crippen LogP contribution in [0.1, 0.15) is 33.8 Å². The third-order valence-electron chi connectivity index (χ3n) is 5.16. The first-order chi connectivity index (χ1) is 13.6. The van der Waals surface area contributed by atoms with Gasteiger partial charge in [-0.25, -0.2) is 4.39 Å². The number of amides is 1. The van der Waals surface area contributed by atoms with E-state index in [1.165, 1.54) is 12.1 Å². The zero-order valence-corrected chi connectivity index (χ0v) is 15.3. The molecule has 1 aliphatic heterocycles. The van der Waals surface area contributed by atoms with Crippen LogP contribution in [0.15, 0.2) is 71.1 Å². The number of carbonyl (C=O) groups is 2. The summed E-state index contributed by atoms with van der Waals surface area (Å²) in [6, 6.07) is 18.6. The first-order valence-electron chi connectivity index (χ1n) is 9.36. The predicted octanol–water partition coefficient (Wildman–Crippen LogP) is 4.82. The standard InChI is InChI=1S/C23H20FNO3/c24-19-8-6-16(7-9-19)20-10-11-21(28-20)23(27)25-14-12-18(13-15-25)22(26)17-4-2-1-3-5-17/h1-11,18H,12-15H2. The lowest BCUT2D eigenvalue weighted by Crippen LogP contribution is -2.40. The van der Waals surface area contributed by atoms with Gasteiger partial charge in [-0.05, 0) is 49.2 Å². The molecule has 142 valence electrons. The van der Waals surface area contributed by atoms with Gasteiger partial charge in [-0.15, -0.1) is 0 Å². The molecule has 1 aliphatic rings. The van der Waals surface area contributed by atoms with Gasteiger partial charge in [0, 0.05) is 30.1 Å². The van der Waals surface area contributed by atoms with E-state index in [1.807, 2.05) is 30.3 Å². The van der Waals surface area contributed by atoms with Crippen LogP contribution in [0.4, 0.5) is 4.39 Å². The van der Waals surface area contributed by atoms with Crippen molar-refractivity contribution in [3.05, 3.63) is 83.9 Å². The molecule has 1 fully saturated rings. The number of halogens is 1. The van der Waals surface area contributed by atoms with Crippen LogP contribution in [0.2, 0.25) is 0 Å². The highest BCUT2D eigenvalue weighted by Crippen LogP contribution is 2.26. The Morgan fingerprint density at radius 3 is 2.25 bits per heavy atom. The second-order valence-electron chi connectivity index (χ2n) is 6.97. The van der Waals surface area contributed by atoms with Crippen LogP contribution < -0.4 is 0 Å². The minimum atomic E-state index is -0.320. The van der Waals surface area contributed by atoms with E-state index in [0.29, 0.717) is 37.3 Å². The van der Waals surface area contributed by atoms with Crippen LogP contribution in [-0.4, -0.2) is 29.7 Å². The van der Waals surface area contributed by atoms with E-state index < -0.39 is 0 Å². The lowest BCUT2D eigenvalue weighted by molar-refractivity contribution is 0.0625. The lowest BCUT2D eigenvalue weighted by atomic mass is 9.89. The quantitative estimate of drug-likeness (QED) is 0.613. The Hall–Kier alpha value is -3.21. The third-order valence-corrected chi connectivity index (χ3v) is 5.16.